The van der Waals surface area contributed by atoms with Crippen LogP contribution in [0.5, 0.6) is 5.75 Å². The molecule has 0 saturated heterocycles. The number of hydrogen-bond donors (Lipinski definition) is 1. The Balaban J connectivity index is 1.71. The van der Waals surface area contributed by atoms with Crippen molar-refractivity contribution in [1.29, 1.82) is 0 Å². The molecular formula is C19H16N2O6. The minimum Gasteiger partial charge on any atom is -0.481 e. The second-order valence-corrected chi connectivity index (χ2v) is 5.96. The quantitative estimate of drug-likeness (QED) is 0.419. The fourth-order valence-corrected chi connectivity index (χ4v) is 2.55. The highest BCUT2D eigenvalue weighted by Crippen LogP contribution is 2.23. The number of nitro groups is 1. The molecule has 0 aliphatic rings. The molecule has 1 atom stereocenters. The second-order valence-electron chi connectivity index (χ2n) is 5.96. The molecule has 1 unspecified atom stereocenters. The molecule has 27 heavy (non-hydrogen) atoms. The maximum atomic E-state index is 12.3. The van der Waals surface area contributed by atoms with E-state index in [1.165, 1.54) is 30.3 Å². The summed E-state index contributed by atoms with van der Waals surface area (Å²) in [5, 5.41) is 14.1. The highest BCUT2D eigenvalue weighted by Gasteiger charge is 2.16. The third kappa shape index (κ3) is 4.12. The van der Waals surface area contributed by atoms with Gasteiger partial charge in [0.05, 0.1) is 4.92 Å². The van der Waals surface area contributed by atoms with Gasteiger partial charge in [-0.15, -0.1) is 0 Å². The van der Waals surface area contributed by atoms with Crippen LogP contribution < -0.4 is 15.7 Å². The average molecular weight is 368 g/mol. The first-order valence-electron chi connectivity index (χ1n) is 8.10. The van der Waals surface area contributed by atoms with Gasteiger partial charge in [0.2, 0.25) is 0 Å². The van der Waals surface area contributed by atoms with E-state index in [1.807, 2.05) is 0 Å². The third-order valence-electron chi connectivity index (χ3n) is 3.95. The summed E-state index contributed by atoms with van der Waals surface area (Å²) >= 11 is 0. The summed E-state index contributed by atoms with van der Waals surface area (Å²) in [7, 11) is 0. The van der Waals surface area contributed by atoms with E-state index in [-0.39, 0.29) is 5.69 Å². The molecule has 1 N–H and O–H groups in total. The number of amides is 1. The van der Waals surface area contributed by atoms with E-state index in [2.05, 4.69) is 5.32 Å². The van der Waals surface area contributed by atoms with Crippen LogP contribution in [0.2, 0.25) is 0 Å². The van der Waals surface area contributed by atoms with Crippen molar-refractivity contribution in [1.82, 2.24) is 0 Å². The van der Waals surface area contributed by atoms with Crippen molar-refractivity contribution in [2.75, 3.05) is 5.32 Å². The Morgan fingerprint density at radius 1 is 1.19 bits per heavy atom. The maximum Gasteiger partial charge on any atom is 0.336 e. The highest BCUT2D eigenvalue weighted by atomic mass is 16.6. The molecule has 1 heterocycles. The van der Waals surface area contributed by atoms with Crippen molar-refractivity contribution in [3.63, 3.8) is 0 Å². The molecule has 0 bridgehead atoms. The number of nitrogens with zero attached hydrogens (tertiary/aromatic N) is 1. The number of ether oxygens (including phenoxy) is 1. The second kappa shape index (κ2) is 7.28. The van der Waals surface area contributed by atoms with Crippen molar-refractivity contribution in [3.05, 3.63) is 74.6 Å². The zero-order valence-electron chi connectivity index (χ0n) is 14.6. The fraction of sp³-hybridized carbons (Fsp3) is 0.158. The van der Waals surface area contributed by atoms with Crippen molar-refractivity contribution in [3.8, 4) is 5.75 Å². The number of hydrogen-bond acceptors (Lipinski definition) is 6. The van der Waals surface area contributed by atoms with E-state index in [9.17, 15) is 19.7 Å². The highest BCUT2D eigenvalue weighted by molar-refractivity contribution is 5.94. The van der Waals surface area contributed by atoms with Gasteiger partial charge in [-0.1, -0.05) is 0 Å². The molecular weight excluding hydrogens is 352 g/mol. The molecule has 0 radical (unpaired) electrons. The van der Waals surface area contributed by atoms with E-state index in [0.29, 0.717) is 17.0 Å². The van der Waals surface area contributed by atoms with Crippen LogP contribution in [0.3, 0.4) is 0 Å². The Labute approximate surface area is 153 Å². The van der Waals surface area contributed by atoms with E-state index >= 15 is 0 Å². The van der Waals surface area contributed by atoms with Crippen LogP contribution in [0.25, 0.3) is 11.0 Å². The van der Waals surface area contributed by atoms with Crippen LogP contribution in [0.4, 0.5) is 11.4 Å². The lowest BCUT2D eigenvalue weighted by Gasteiger charge is -2.15. The van der Waals surface area contributed by atoms with Gasteiger partial charge in [0.25, 0.3) is 11.6 Å². The van der Waals surface area contributed by atoms with Gasteiger partial charge in [-0.2, -0.15) is 0 Å². The Morgan fingerprint density at radius 2 is 1.89 bits per heavy atom. The Bertz CT molecular complexity index is 1070. The van der Waals surface area contributed by atoms with Gasteiger partial charge < -0.3 is 14.5 Å². The van der Waals surface area contributed by atoms with E-state index in [4.69, 9.17) is 9.15 Å². The summed E-state index contributed by atoms with van der Waals surface area (Å²) in [5.74, 6) is -0.0442. The summed E-state index contributed by atoms with van der Waals surface area (Å²) in [5.41, 5.74) is 1.06. The molecule has 138 valence electrons. The number of carbonyl (C=O) groups excluding carboxylic acids is 1. The number of aryl methyl sites for hydroxylation is 1. The summed E-state index contributed by atoms with van der Waals surface area (Å²) < 4.78 is 10.8. The number of fused-ring (bicyclic) bond motifs is 1. The first kappa shape index (κ1) is 18.1. The number of benzene rings is 2. The predicted molar refractivity (Wildman–Crippen MR) is 99.0 cm³/mol. The zero-order valence-corrected chi connectivity index (χ0v) is 14.6. The molecule has 8 heteroatoms. The topological polar surface area (TPSA) is 112 Å². The van der Waals surface area contributed by atoms with E-state index in [0.717, 1.165) is 10.9 Å². The summed E-state index contributed by atoms with van der Waals surface area (Å²) in [6.45, 7) is 3.37. The monoisotopic (exact) mass is 368 g/mol. The number of non-ortho nitro benzene ring substituents is 1. The largest absolute Gasteiger partial charge is 0.481 e. The van der Waals surface area contributed by atoms with Crippen LogP contribution in [0.15, 0.2) is 57.7 Å². The molecule has 8 nitrogen and oxygen atoms in total. The van der Waals surface area contributed by atoms with Crippen molar-refractivity contribution in [2.24, 2.45) is 0 Å². The van der Waals surface area contributed by atoms with Gasteiger partial charge >= 0.3 is 5.63 Å². The molecule has 1 aromatic heterocycles. The summed E-state index contributed by atoms with van der Waals surface area (Å²) in [6, 6.07) is 11.9. The predicted octanol–water partition coefficient (Wildman–Crippen LogP) is 3.42. The van der Waals surface area contributed by atoms with Crippen LogP contribution in [0, 0.1) is 17.0 Å². The molecule has 0 fully saturated rings. The van der Waals surface area contributed by atoms with Gasteiger partial charge in [0, 0.05) is 35.3 Å². The normalized spacial score (nSPS) is 11.8. The fourth-order valence-electron chi connectivity index (χ4n) is 2.55. The standard InChI is InChI=1S/C19H16N2O6/c1-11-9-18(22)27-17-10-15(7-8-16(11)17)26-12(2)19(23)20-13-3-5-14(6-4-13)21(24)25/h3-10,12H,1-2H3,(H,20,23). The molecule has 0 saturated carbocycles. The smallest absolute Gasteiger partial charge is 0.336 e. The van der Waals surface area contributed by atoms with Crippen molar-refractivity contribution < 1.29 is 18.9 Å². The van der Waals surface area contributed by atoms with Crippen LogP contribution >= 0.6 is 0 Å². The summed E-state index contributed by atoms with van der Waals surface area (Å²) in [4.78, 5) is 33.9. The molecule has 3 rings (SSSR count). The number of carbonyl (C=O) groups is 1. The maximum absolute atomic E-state index is 12.3. The SMILES string of the molecule is Cc1cc(=O)oc2cc(OC(C)C(=O)Nc3ccc([N+](=O)[O-])cc3)ccc12. The van der Waals surface area contributed by atoms with E-state index < -0.39 is 22.6 Å². The first-order valence-corrected chi connectivity index (χ1v) is 8.10. The molecule has 3 aromatic rings. The van der Waals surface area contributed by atoms with Gasteiger partial charge in [0.1, 0.15) is 11.3 Å². The average Bonchev–Trinajstić information content (AvgIpc) is 2.61. The van der Waals surface area contributed by atoms with Crippen LogP contribution in [0.1, 0.15) is 12.5 Å². The van der Waals surface area contributed by atoms with Gasteiger partial charge in [-0.05, 0) is 43.7 Å². The first-order chi connectivity index (χ1) is 12.8. The Morgan fingerprint density at radius 3 is 2.56 bits per heavy atom. The van der Waals surface area contributed by atoms with E-state index in [1.54, 1.807) is 32.0 Å². The van der Waals surface area contributed by atoms with Gasteiger partial charge in [0.15, 0.2) is 6.10 Å². The number of nitrogens with one attached hydrogen (secondary N) is 1. The van der Waals surface area contributed by atoms with Crippen molar-refractivity contribution in [2.45, 2.75) is 20.0 Å². The number of rotatable bonds is 5. The molecule has 0 aliphatic heterocycles. The molecule has 0 spiro atoms. The minimum atomic E-state index is -0.839. The number of anilines is 1. The Kier molecular flexibility index (Phi) is 4.89. The lowest BCUT2D eigenvalue weighted by atomic mass is 10.1. The van der Waals surface area contributed by atoms with Gasteiger partial charge in [-0.25, -0.2) is 4.79 Å². The summed E-state index contributed by atoms with van der Waals surface area (Å²) in [6.07, 6.45) is -0.839. The van der Waals surface area contributed by atoms with Crippen LogP contribution in [-0.2, 0) is 4.79 Å². The third-order valence-corrected chi connectivity index (χ3v) is 3.95. The minimum absolute atomic E-state index is 0.0646. The zero-order chi connectivity index (χ0) is 19.6. The lowest BCUT2D eigenvalue weighted by molar-refractivity contribution is -0.384. The lowest BCUT2D eigenvalue weighted by Crippen LogP contribution is -2.30. The Hall–Kier alpha value is -3.68. The van der Waals surface area contributed by atoms with Crippen LogP contribution in [-0.4, -0.2) is 16.9 Å². The van der Waals surface area contributed by atoms with Gasteiger partial charge in [-0.3, -0.25) is 14.9 Å². The molecule has 0 aliphatic carbocycles. The molecule has 1 amide bonds. The van der Waals surface area contributed by atoms with Crippen molar-refractivity contribution >= 4 is 28.3 Å². The number of nitro benzene ring substituents is 1. The molecule has 2 aromatic carbocycles.